The molecule has 2 amide bonds. The van der Waals surface area contributed by atoms with Crippen molar-refractivity contribution in [2.45, 2.75) is 25.8 Å². The van der Waals surface area contributed by atoms with Crippen LogP contribution in [0.15, 0.2) is 48.5 Å². The first-order valence-corrected chi connectivity index (χ1v) is 9.73. The molecule has 1 fully saturated rings. The summed E-state index contributed by atoms with van der Waals surface area (Å²) in [4.78, 5) is 27.0. The molecule has 1 aliphatic rings. The van der Waals surface area contributed by atoms with Crippen LogP contribution in [0, 0.1) is 6.92 Å². The predicted molar refractivity (Wildman–Crippen MR) is 112 cm³/mol. The maximum absolute atomic E-state index is 12.5. The zero-order valence-electron chi connectivity index (χ0n) is 16.8. The minimum Gasteiger partial charge on any atom is -0.480 e. The standard InChI is InChI=1S/C22H27N3O4/c1-16-3-7-19(8-4-16)29-20-9-5-17(6-10-20)23-22(28)25-13-11-18(12-14-25)24(2)15-21(26)27/h3-10,18H,11-15H2,1-2H3,(H,23,28)(H,26,27). The Labute approximate surface area is 170 Å². The van der Waals surface area contributed by atoms with Gasteiger partial charge in [-0.05, 0) is 63.2 Å². The fourth-order valence-corrected chi connectivity index (χ4v) is 3.40. The number of piperidine rings is 1. The van der Waals surface area contributed by atoms with Crippen molar-refractivity contribution < 1.29 is 19.4 Å². The number of amides is 2. The first kappa shape index (κ1) is 20.7. The number of likely N-dealkylation sites (N-methyl/N-ethyl adjacent to an activating group) is 1. The lowest BCUT2D eigenvalue weighted by molar-refractivity contribution is -0.138. The topological polar surface area (TPSA) is 82.1 Å². The van der Waals surface area contributed by atoms with E-state index in [4.69, 9.17) is 9.84 Å². The van der Waals surface area contributed by atoms with Crippen molar-refractivity contribution in [3.63, 3.8) is 0 Å². The Bertz CT molecular complexity index is 828. The summed E-state index contributed by atoms with van der Waals surface area (Å²) in [6.45, 7) is 3.26. The number of likely N-dealkylation sites (tertiary alicyclic amines) is 1. The second-order valence-corrected chi connectivity index (χ2v) is 7.40. The van der Waals surface area contributed by atoms with Crippen molar-refractivity contribution in [3.05, 3.63) is 54.1 Å². The van der Waals surface area contributed by atoms with Crippen LogP contribution < -0.4 is 10.1 Å². The van der Waals surface area contributed by atoms with Crippen LogP contribution in [-0.2, 0) is 4.79 Å². The highest BCUT2D eigenvalue weighted by Gasteiger charge is 2.26. The number of carbonyl (C=O) groups is 2. The maximum atomic E-state index is 12.5. The van der Waals surface area contributed by atoms with Gasteiger partial charge in [0.2, 0.25) is 0 Å². The third-order valence-corrected chi connectivity index (χ3v) is 5.12. The van der Waals surface area contributed by atoms with Gasteiger partial charge in [-0.3, -0.25) is 9.69 Å². The number of carboxylic acid groups (broad SMARTS) is 1. The molecule has 0 saturated carbocycles. The van der Waals surface area contributed by atoms with E-state index < -0.39 is 5.97 Å². The van der Waals surface area contributed by atoms with Crippen LogP contribution in [0.5, 0.6) is 11.5 Å². The number of hydrogen-bond donors (Lipinski definition) is 2. The highest BCUT2D eigenvalue weighted by molar-refractivity contribution is 5.89. The molecule has 0 aromatic heterocycles. The number of urea groups is 1. The van der Waals surface area contributed by atoms with E-state index in [9.17, 15) is 9.59 Å². The van der Waals surface area contributed by atoms with Crippen molar-refractivity contribution in [3.8, 4) is 11.5 Å². The fourth-order valence-electron chi connectivity index (χ4n) is 3.40. The third-order valence-electron chi connectivity index (χ3n) is 5.12. The summed E-state index contributed by atoms with van der Waals surface area (Å²) >= 11 is 0. The molecular weight excluding hydrogens is 370 g/mol. The number of nitrogens with one attached hydrogen (secondary N) is 1. The van der Waals surface area contributed by atoms with E-state index in [0.29, 0.717) is 24.5 Å². The molecule has 29 heavy (non-hydrogen) atoms. The molecule has 3 rings (SSSR count). The second kappa shape index (κ2) is 9.43. The number of ether oxygens (including phenoxy) is 1. The van der Waals surface area contributed by atoms with E-state index in [1.54, 1.807) is 4.90 Å². The summed E-state index contributed by atoms with van der Waals surface area (Å²) in [5.74, 6) is 0.639. The van der Waals surface area contributed by atoms with Gasteiger partial charge in [-0.2, -0.15) is 0 Å². The molecule has 1 saturated heterocycles. The lowest BCUT2D eigenvalue weighted by atomic mass is 10.0. The van der Waals surface area contributed by atoms with E-state index in [2.05, 4.69) is 5.32 Å². The zero-order valence-corrected chi connectivity index (χ0v) is 16.8. The van der Waals surface area contributed by atoms with Crippen molar-refractivity contribution in [2.24, 2.45) is 0 Å². The summed E-state index contributed by atoms with van der Waals surface area (Å²) in [5.41, 5.74) is 1.88. The summed E-state index contributed by atoms with van der Waals surface area (Å²) in [6.07, 6.45) is 1.53. The van der Waals surface area contributed by atoms with Crippen LogP contribution in [0.25, 0.3) is 0 Å². The van der Waals surface area contributed by atoms with E-state index in [-0.39, 0.29) is 18.6 Å². The van der Waals surface area contributed by atoms with Gasteiger partial charge in [-0.1, -0.05) is 17.7 Å². The molecule has 1 heterocycles. The Hall–Kier alpha value is -3.06. The SMILES string of the molecule is Cc1ccc(Oc2ccc(NC(=O)N3CCC(N(C)CC(=O)O)CC3)cc2)cc1. The maximum Gasteiger partial charge on any atom is 0.321 e. The lowest BCUT2D eigenvalue weighted by Gasteiger charge is -2.36. The van der Waals surface area contributed by atoms with Crippen molar-refractivity contribution >= 4 is 17.7 Å². The van der Waals surface area contributed by atoms with Gasteiger partial charge in [-0.15, -0.1) is 0 Å². The molecule has 0 atom stereocenters. The molecular formula is C22H27N3O4. The molecule has 0 aliphatic carbocycles. The Morgan fingerprint density at radius 3 is 2.17 bits per heavy atom. The first-order chi connectivity index (χ1) is 13.9. The first-order valence-electron chi connectivity index (χ1n) is 9.73. The lowest BCUT2D eigenvalue weighted by Crippen LogP contribution is -2.47. The number of aliphatic carboxylic acids is 1. The van der Waals surface area contributed by atoms with Crippen molar-refractivity contribution in [1.82, 2.24) is 9.80 Å². The number of aryl methyl sites for hydroxylation is 1. The van der Waals surface area contributed by atoms with Crippen LogP contribution >= 0.6 is 0 Å². The zero-order chi connectivity index (χ0) is 20.8. The summed E-state index contributed by atoms with van der Waals surface area (Å²) in [6, 6.07) is 15.1. The Balaban J connectivity index is 1.48. The average Bonchev–Trinajstić information content (AvgIpc) is 2.71. The fraction of sp³-hybridized carbons (Fsp3) is 0.364. The number of benzene rings is 2. The Morgan fingerprint density at radius 1 is 1.07 bits per heavy atom. The normalized spacial score (nSPS) is 14.7. The van der Waals surface area contributed by atoms with Gasteiger partial charge in [-0.25, -0.2) is 4.79 Å². The smallest absolute Gasteiger partial charge is 0.321 e. The van der Waals surface area contributed by atoms with Crippen molar-refractivity contribution in [1.29, 1.82) is 0 Å². The molecule has 2 N–H and O–H groups in total. The van der Waals surface area contributed by atoms with Crippen molar-refractivity contribution in [2.75, 3.05) is 32.0 Å². The number of nitrogens with zero attached hydrogens (tertiary/aromatic N) is 2. The minimum atomic E-state index is -0.831. The van der Waals surface area contributed by atoms with Gasteiger partial charge in [0.05, 0.1) is 6.54 Å². The molecule has 2 aromatic rings. The predicted octanol–water partition coefficient (Wildman–Crippen LogP) is 3.80. The molecule has 2 aromatic carbocycles. The summed E-state index contributed by atoms with van der Waals surface area (Å²) < 4.78 is 5.80. The molecule has 0 spiro atoms. The van der Waals surface area contributed by atoms with Crippen LogP contribution in [0.4, 0.5) is 10.5 Å². The summed E-state index contributed by atoms with van der Waals surface area (Å²) in [5, 5.41) is 11.8. The van der Waals surface area contributed by atoms with Crippen LogP contribution in [0.1, 0.15) is 18.4 Å². The molecule has 7 heteroatoms. The van der Waals surface area contributed by atoms with Gasteiger partial charge in [0, 0.05) is 24.8 Å². The van der Waals surface area contributed by atoms with E-state index in [0.717, 1.165) is 18.6 Å². The van der Waals surface area contributed by atoms with Gasteiger partial charge in [0.15, 0.2) is 0 Å². The monoisotopic (exact) mass is 397 g/mol. The molecule has 0 radical (unpaired) electrons. The minimum absolute atomic E-state index is 0.0217. The van der Waals surface area contributed by atoms with Crippen LogP contribution in [0.3, 0.4) is 0 Å². The Morgan fingerprint density at radius 2 is 1.62 bits per heavy atom. The number of rotatable bonds is 6. The van der Waals surface area contributed by atoms with E-state index in [1.165, 1.54) is 5.56 Å². The molecule has 154 valence electrons. The molecule has 1 aliphatic heterocycles. The number of hydrogen-bond acceptors (Lipinski definition) is 4. The number of carboxylic acids is 1. The molecule has 0 bridgehead atoms. The number of anilines is 1. The van der Waals surface area contributed by atoms with E-state index >= 15 is 0 Å². The summed E-state index contributed by atoms with van der Waals surface area (Å²) in [7, 11) is 1.81. The highest BCUT2D eigenvalue weighted by atomic mass is 16.5. The second-order valence-electron chi connectivity index (χ2n) is 7.40. The highest BCUT2D eigenvalue weighted by Crippen LogP contribution is 2.24. The van der Waals surface area contributed by atoms with E-state index in [1.807, 2.05) is 67.4 Å². The van der Waals surface area contributed by atoms with Crippen LogP contribution in [0.2, 0.25) is 0 Å². The Kier molecular flexibility index (Phi) is 6.72. The van der Waals surface area contributed by atoms with Gasteiger partial charge >= 0.3 is 12.0 Å². The molecule has 0 unspecified atom stereocenters. The van der Waals surface area contributed by atoms with Gasteiger partial charge in [0.25, 0.3) is 0 Å². The van der Waals surface area contributed by atoms with Gasteiger partial charge < -0.3 is 20.1 Å². The number of carbonyl (C=O) groups excluding carboxylic acids is 1. The third kappa shape index (κ3) is 5.96. The molecule has 7 nitrogen and oxygen atoms in total. The largest absolute Gasteiger partial charge is 0.480 e. The average molecular weight is 397 g/mol. The van der Waals surface area contributed by atoms with Gasteiger partial charge in [0.1, 0.15) is 11.5 Å². The van der Waals surface area contributed by atoms with Crippen LogP contribution in [-0.4, -0.2) is 59.6 Å². The quantitative estimate of drug-likeness (QED) is 0.775.